The van der Waals surface area contributed by atoms with Crippen molar-refractivity contribution < 1.29 is 0 Å². The van der Waals surface area contributed by atoms with Crippen LogP contribution in [0.15, 0.2) is 0 Å². The van der Waals surface area contributed by atoms with Crippen LogP contribution in [0, 0.1) is 23.2 Å². The van der Waals surface area contributed by atoms with Gasteiger partial charge in [-0.15, -0.1) is 0 Å². The molecule has 0 aliphatic heterocycles. The average molecular weight is 123 g/mol. The maximum atomic E-state index is 8.53. The molecule has 1 saturated carbocycles. The molecule has 1 heteroatoms. The third-order valence-corrected chi connectivity index (χ3v) is 2.20. The van der Waals surface area contributed by atoms with Crippen LogP contribution in [0.25, 0.3) is 0 Å². The van der Waals surface area contributed by atoms with Gasteiger partial charge in [0.2, 0.25) is 0 Å². The Labute approximate surface area is 56.7 Å². The average Bonchev–Trinajstić information content (AvgIpc) is 1.90. The number of hydrogen-bond acceptors (Lipinski definition) is 1. The number of nitrogens with zero attached hydrogens (tertiary/aromatic N) is 1. The van der Waals surface area contributed by atoms with Crippen molar-refractivity contribution in [3.8, 4) is 6.07 Å². The molecule has 0 aromatic heterocycles. The normalized spacial score (nSPS) is 35.6. The minimum atomic E-state index is 0.376. The van der Waals surface area contributed by atoms with Crippen LogP contribution in [0.3, 0.4) is 0 Å². The van der Waals surface area contributed by atoms with Crippen LogP contribution in [0.2, 0.25) is 0 Å². The van der Waals surface area contributed by atoms with Crippen molar-refractivity contribution in [3.05, 3.63) is 0 Å². The summed E-state index contributed by atoms with van der Waals surface area (Å²) >= 11 is 0. The molecule has 50 valence electrons. The van der Waals surface area contributed by atoms with Gasteiger partial charge in [-0.2, -0.15) is 5.26 Å². The SMILES string of the molecule is C[C@H]1CC[C@H](C#N)CC1. The third-order valence-electron chi connectivity index (χ3n) is 2.20. The first-order valence-corrected chi connectivity index (χ1v) is 3.72. The molecule has 0 aromatic carbocycles. The van der Waals surface area contributed by atoms with Crippen LogP contribution in [-0.2, 0) is 0 Å². The topological polar surface area (TPSA) is 23.8 Å². The van der Waals surface area contributed by atoms with Gasteiger partial charge in [0, 0.05) is 5.92 Å². The molecule has 0 bridgehead atoms. The lowest BCUT2D eigenvalue weighted by Crippen LogP contribution is -2.09. The van der Waals surface area contributed by atoms with Gasteiger partial charge in [-0.25, -0.2) is 0 Å². The van der Waals surface area contributed by atoms with Crippen LogP contribution in [0.5, 0.6) is 0 Å². The van der Waals surface area contributed by atoms with Crippen molar-refractivity contribution >= 4 is 0 Å². The van der Waals surface area contributed by atoms with Crippen LogP contribution >= 0.6 is 0 Å². The lowest BCUT2D eigenvalue weighted by atomic mass is 9.84. The predicted octanol–water partition coefficient (Wildman–Crippen LogP) is 2.34. The molecule has 0 saturated heterocycles. The number of nitriles is 1. The second-order valence-electron chi connectivity index (χ2n) is 3.09. The lowest BCUT2D eigenvalue weighted by molar-refractivity contribution is 0.336. The zero-order valence-electron chi connectivity index (χ0n) is 5.93. The highest BCUT2D eigenvalue weighted by Gasteiger charge is 2.16. The van der Waals surface area contributed by atoms with E-state index in [0.717, 1.165) is 18.8 Å². The molecule has 0 N–H and O–H groups in total. The van der Waals surface area contributed by atoms with Crippen LogP contribution in [0.1, 0.15) is 32.6 Å². The summed E-state index contributed by atoms with van der Waals surface area (Å²) in [6, 6.07) is 2.32. The van der Waals surface area contributed by atoms with Crippen LogP contribution in [0.4, 0.5) is 0 Å². The Morgan fingerprint density at radius 3 is 2.22 bits per heavy atom. The molecule has 0 heterocycles. The van der Waals surface area contributed by atoms with Gasteiger partial charge in [-0.1, -0.05) is 6.92 Å². The van der Waals surface area contributed by atoms with Gasteiger partial charge in [-0.3, -0.25) is 0 Å². The van der Waals surface area contributed by atoms with Crippen molar-refractivity contribution in [2.24, 2.45) is 11.8 Å². The molecule has 1 nitrogen and oxygen atoms in total. The van der Waals surface area contributed by atoms with Gasteiger partial charge >= 0.3 is 0 Å². The van der Waals surface area contributed by atoms with Gasteiger partial charge in [-0.05, 0) is 31.6 Å². The Kier molecular flexibility index (Phi) is 2.10. The van der Waals surface area contributed by atoms with Gasteiger partial charge < -0.3 is 0 Å². The third kappa shape index (κ3) is 1.71. The van der Waals surface area contributed by atoms with E-state index in [1.54, 1.807) is 0 Å². The van der Waals surface area contributed by atoms with Crippen molar-refractivity contribution in [2.45, 2.75) is 32.6 Å². The summed E-state index contributed by atoms with van der Waals surface area (Å²) in [5.74, 6) is 1.25. The first kappa shape index (κ1) is 6.61. The second kappa shape index (κ2) is 2.87. The number of rotatable bonds is 0. The predicted molar refractivity (Wildman–Crippen MR) is 36.7 cm³/mol. The molecule has 0 amide bonds. The Morgan fingerprint density at radius 1 is 1.22 bits per heavy atom. The molecular weight excluding hydrogens is 110 g/mol. The Balaban J connectivity index is 2.28. The molecule has 0 spiro atoms. The highest BCUT2D eigenvalue weighted by Crippen LogP contribution is 2.27. The number of hydrogen-bond donors (Lipinski definition) is 0. The molecule has 0 radical (unpaired) electrons. The summed E-state index contributed by atoms with van der Waals surface area (Å²) in [7, 11) is 0. The standard InChI is InChI=1S/C8H13N/c1-7-2-4-8(6-9)5-3-7/h7-8H,2-5H2,1H3/t7-,8-. The Bertz CT molecular complexity index is 115. The van der Waals surface area contributed by atoms with Gasteiger partial charge in [0.15, 0.2) is 0 Å². The fraction of sp³-hybridized carbons (Fsp3) is 0.875. The Hall–Kier alpha value is -0.510. The maximum absolute atomic E-state index is 8.53. The molecule has 0 aromatic rings. The fourth-order valence-electron chi connectivity index (χ4n) is 1.39. The van der Waals surface area contributed by atoms with E-state index in [0.29, 0.717) is 5.92 Å². The smallest absolute Gasteiger partial charge is 0.0655 e. The van der Waals surface area contributed by atoms with Gasteiger partial charge in [0.25, 0.3) is 0 Å². The zero-order chi connectivity index (χ0) is 6.69. The van der Waals surface area contributed by atoms with E-state index in [9.17, 15) is 0 Å². The second-order valence-corrected chi connectivity index (χ2v) is 3.09. The summed E-state index contributed by atoms with van der Waals surface area (Å²) in [5, 5.41) is 8.53. The maximum Gasteiger partial charge on any atom is 0.0655 e. The lowest BCUT2D eigenvalue weighted by Gasteiger charge is -2.20. The van der Waals surface area contributed by atoms with Crippen molar-refractivity contribution in [1.29, 1.82) is 5.26 Å². The van der Waals surface area contributed by atoms with E-state index >= 15 is 0 Å². The van der Waals surface area contributed by atoms with E-state index in [-0.39, 0.29) is 0 Å². The monoisotopic (exact) mass is 123 g/mol. The molecule has 9 heavy (non-hydrogen) atoms. The van der Waals surface area contributed by atoms with Gasteiger partial charge in [0.05, 0.1) is 6.07 Å². The summed E-state index contributed by atoms with van der Waals surface area (Å²) in [6.07, 6.45) is 4.80. The minimum Gasteiger partial charge on any atom is -0.198 e. The van der Waals surface area contributed by atoms with E-state index in [2.05, 4.69) is 13.0 Å². The Morgan fingerprint density at radius 2 is 1.78 bits per heavy atom. The molecule has 1 rings (SSSR count). The fourth-order valence-corrected chi connectivity index (χ4v) is 1.39. The van der Waals surface area contributed by atoms with Crippen LogP contribution < -0.4 is 0 Å². The van der Waals surface area contributed by atoms with E-state index < -0.39 is 0 Å². The molecule has 0 unspecified atom stereocenters. The highest BCUT2D eigenvalue weighted by atomic mass is 14.3. The van der Waals surface area contributed by atoms with Gasteiger partial charge in [0.1, 0.15) is 0 Å². The zero-order valence-corrected chi connectivity index (χ0v) is 5.93. The van der Waals surface area contributed by atoms with Crippen LogP contribution in [-0.4, -0.2) is 0 Å². The van der Waals surface area contributed by atoms with Crippen molar-refractivity contribution in [3.63, 3.8) is 0 Å². The first-order chi connectivity index (χ1) is 4.33. The minimum absolute atomic E-state index is 0.376. The van der Waals surface area contributed by atoms with E-state index in [1.165, 1.54) is 12.8 Å². The largest absolute Gasteiger partial charge is 0.198 e. The summed E-state index contributed by atoms with van der Waals surface area (Å²) in [4.78, 5) is 0. The van der Waals surface area contributed by atoms with E-state index in [1.807, 2.05) is 0 Å². The van der Waals surface area contributed by atoms with Crippen molar-refractivity contribution in [2.75, 3.05) is 0 Å². The first-order valence-electron chi connectivity index (χ1n) is 3.72. The molecule has 1 fully saturated rings. The van der Waals surface area contributed by atoms with Crippen molar-refractivity contribution in [1.82, 2.24) is 0 Å². The highest BCUT2D eigenvalue weighted by molar-refractivity contribution is 4.85. The van der Waals surface area contributed by atoms with E-state index in [4.69, 9.17) is 5.26 Å². The molecule has 1 aliphatic carbocycles. The molecule has 0 atom stereocenters. The summed E-state index contributed by atoms with van der Waals surface area (Å²) in [6.45, 7) is 2.27. The summed E-state index contributed by atoms with van der Waals surface area (Å²) < 4.78 is 0. The molecular formula is C8H13N. The molecule has 1 aliphatic rings. The summed E-state index contributed by atoms with van der Waals surface area (Å²) in [5.41, 5.74) is 0. The quantitative estimate of drug-likeness (QED) is 0.485.